The normalized spacial score (nSPS) is 10.7. The molecule has 0 saturated heterocycles. The summed E-state index contributed by atoms with van der Waals surface area (Å²) >= 11 is 6.09. The zero-order valence-corrected chi connectivity index (χ0v) is 12.4. The van der Waals surface area contributed by atoms with Crippen molar-refractivity contribution in [2.24, 2.45) is 0 Å². The second-order valence-electron chi connectivity index (χ2n) is 4.72. The number of rotatable bonds is 4. The predicted octanol–water partition coefficient (Wildman–Crippen LogP) is 4.24. The van der Waals surface area contributed by atoms with E-state index in [2.05, 4.69) is 18.8 Å². The summed E-state index contributed by atoms with van der Waals surface area (Å²) in [4.78, 5) is 4.25. The first-order valence-electron chi connectivity index (χ1n) is 6.28. The zero-order valence-electron chi connectivity index (χ0n) is 11.7. The molecule has 0 saturated carbocycles. The Morgan fingerprint density at radius 2 is 2.00 bits per heavy atom. The Morgan fingerprint density at radius 3 is 2.60 bits per heavy atom. The number of hydrogen-bond donors (Lipinski definition) is 1. The molecule has 20 heavy (non-hydrogen) atoms. The van der Waals surface area contributed by atoms with Crippen LogP contribution < -0.4 is 15.2 Å². The first-order chi connectivity index (χ1) is 9.51. The molecule has 0 spiro atoms. The predicted molar refractivity (Wildman–Crippen MR) is 80.8 cm³/mol. The van der Waals surface area contributed by atoms with Gasteiger partial charge in [-0.15, -0.1) is 0 Å². The quantitative estimate of drug-likeness (QED) is 0.856. The largest absolute Gasteiger partial charge is 0.481 e. The fourth-order valence-electron chi connectivity index (χ4n) is 1.82. The van der Waals surface area contributed by atoms with Crippen LogP contribution >= 0.6 is 11.6 Å². The van der Waals surface area contributed by atoms with Gasteiger partial charge in [0, 0.05) is 11.3 Å². The highest BCUT2D eigenvalue weighted by atomic mass is 35.5. The molecule has 106 valence electrons. The standard InChI is InChI=1S/C15H17ClN2O2/c1-9(2)12-7-11(8-18-15(12)19-3)20-14-5-4-10(17)6-13(14)16/h4-9H,17H2,1-3H3. The second kappa shape index (κ2) is 6.01. The summed E-state index contributed by atoms with van der Waals surface area (Å²) in [6, 6.07) is 7.03. The molecule has 1 heterocycles. The van der Waals surface area contributed by atoms with Crippen molar-refractivity contribution in [1.29, 1.82) is 0 Å². The van der Waals surface area contributed by atoms with Crippen LogP contribution in [0.3, 0.4) is 0 Å². The van der Waals surface area contributed by atoms with Crippen LogP contribution in [-0.4, -0.2) is 12.1 Å². The summed E-state index contributed by atoms with van der Waals surface area (Å²) in [6.45, 7) is 4.14. The highest BCUT2D eigenvalue weighted by molar-refractivity contribution is 6.32. The van der Waals surface area contributed by atoms with Crippen LogP contribution in [0.5, 0.6) is 17.4 Å². The Morgan fingerprint density at radius 1 is 1.25 bits per heavy atom. The second-order valence-corrected chi connectivity index (χ2v) is 5.12. The van der Waals surface area contributed by atoms with Crippen molar-refractivity contribution in [1.82, 2.24) is 4.98 Å². The molecule has 1 aromatic heterocycles. The maximum Gasteiger partial charge on any atom is 0.216 e. The van der Waals surface area contributed by atoms with E-state index in [4.69, 9.17) is 26.8 Å². The molecule has 1 aromatic carbocycles. The molecule has 0 aliphatic carbocycles. The number of nitrogens with two attached hydrogens (primary N) is 1. The van der Waals surface area contributed by atoms with E-state index >= 15 is 0 Å². The van der Waals surface area contributed by atoms with E-state index in [1.54, 1.807) is 31.5 Å². The van der Waals surface area contributed by atoms with Gasteiger partial charge in [-0.3, -0.25) is 0 Å². The van der Waals surface area contributed by atoms with Crippen LogP contribution in [0, 0.1) is 0 Å². The molecular weight excluding hydrogens is 276 g/mol. The summed E-state index contributed by atoms with van der Waals surface area (Å²) in [5.41, 5.74) is 7.23. The molecule has 4 nitrogen and oxygen atoms in total. The number of nitrogens with zero attached hydrogens (tertiary/aromatic N) is 1. The van der Waals surface area contributed by atoms with Gasteiger partial charge in [-0.05, 0) is 30.2 Å². The summed E-state index contributed by atoms with van der Waals surface area (Å²) < 4.78 is 11.0. The highest BCUT2D eigenvalue weighted by Gasteiger charge is 2.12. The Bertz CT molecular complexity index is 615. The number of hydrogen-bond acceptors (Lipinski definition) is 4. The van der Waals surface area contributed by atoms with E-state index in [1.165, 1.54) is 0 Å². The van der Waals surface area contributed by atoms with Gasteiger partial charge in [-0.2, -0.15) is 0 Å². The molecule has 5 heteroatoms. The number of ether oxygens (including phenoxy) is 2. The van der Waals surface area contributed by atoms with Crippen LogP contribution in [0.4, 0.5) is 5.69 Å². The topological polar surface area (TPSA) is 57.4 Å². The maximum absolute atomic E-state index is 6.09. The molecule has 0 fully saturated rings. The van der Waals surface area contributed by atoms with Crippen LogP contribution in [0.15, 0.2) is 30.5 Å². The van der Waals surface area contributed by atoms with Crippen LogP contribution in [0.1, 0.15) is 25.3 Å². The first-order valence-corrected chi connectivity index (χ1v) is 6.66. The van der Waals surface area contributed by atoms with Gasteiger partial charge < -0.3 is 15.2 Å². The first kappa shape index (κ1) is 14.5. The van der Waals surface area contributed by atoms with Crippen LogP contribution in [-0.2, 0) is 0 Å². The molecule has 0 aliphatic heterocycles. The number of nitrogen functional groups attached to an aromatic ring is 1. The van der Waals surface area contributed by atoms with Gasteiger partial charge in [0.25, 0.3) is 0 Å². The van der Waals surface area contributed by atoms with E-state index in [9.17, 15) is 0 Å². The fraction of sp³-hybridized carbons (Fsp3) is 0.267. The Balaban J connectivity index is 2.32. The average molecular weight is 293 g/mol. The molecule has 2 aromatic rings. The minimum atomic E-state index is 0.280. The molecule has 0 unspecified atom stereocenters. The minimum absolute atomic E-state index is 0.280. The molecule has 2 N–H and O–H groups in total. The molecule has 0 radical (unpaired) electrons. The van der Waals surface area contributed by atoms with Crippen molar-refractivity contribution in [2.75, 3.05) is 12.8 Å². The number of benzene rings is 1. The third-order valence-electron chi connectivity index (χ3n) is 2.85. The summed E-state index contributed by atoms with van der Waals surface area (Å²) in [5, 5.41) is 0.465. The fourth-order valence-corrected chi connectivity index (χ4v) is 2.04. The number of pyridine rings is 1. The van der Waals surface area contributed by atoms with Crippen molar-refractivity contribution in [3.63, 3.8) is 0 Å². The highest BCUT2D eigenvalue weighted by Crippen LogP contribution is 2.33. The summed E-state index contributed by atoms with van der Waals surface area (Å²) in [5.74, 6) is 2.04. The van der Waals surface area contributed by atoms with Crippen molar-refractivity contribution in [3.05, 3.63) is 41.0 Å². The van der Waals surface area contributed by atoms with E-state index < -0.39 is 0 Å². The third-order valence-corrected chi connectivity index (χ3v) is 3.15. The van der Waals surface area contributed by atoms with Crippen molar-refractivity contribution in [3.8, 4) is 17.4 Å². The van der Waals surface area contributed by atoms with E-state index in [0.717, 1.165) is 5.56 Å². The average Bonchev–Trinajstić information content (AvgIpc) is 2.41. The monoisotopic (exact) mass is 292 g/mol. The zero-order chi connectivity index (χ0) is 14.7. The van der Waals surface area contributed by atoms with E-state index in [0.29, 0.717) is 28.1 Å². The lowest BCUT2D eigenvalue weighted by atomic mass is 10.1. The Hall–Kier alpha value is -1.94. The molecule has 0 bridgehead atoms. The Kier molecular flexibility index (Phi) is 4.35. The molecule has 0 atom stereocenters. The van der Waals surface area contributed by atoms with Gasteiger partial charge in [0.05, 0.1) is 18.3 Å². The van der Waals surface area contributed by atoms with Gasteiger partial charge in [-0.25, -0.2) is 4.98 Å². The third kappa shape index (κ3) is 3.14. The minimum Gasteiger partial charge on any atom is -0.481 e. The number of anilines is 1. The van der Waals surface area contributed by atoms with E-state index in [-0.39, 0.29) is 5.92 Å². The lowest BCUT2D eigenvalue weighted by Crippen LogP contribution is -1.98. The lowest BCUT2D eigenvalue weighted by Gasteiger charge is -2.13. The molecule has 2 rings (SSSR count). The Labute approximate surface area is 123 Å². The maximum atomic E-state index is 6.09. The number of aromatic nitrogens is 1. The van der Waals surface area contributed by atoms with Gasteiger partial charge >= 0.3 is 0 Å². The van der Waals surface area contributed by atoms with Crippen molar-refractivity contribution < 1.29 is 9.47 Å². The van der Waals surface area contributed by atoms with Gasteiger partial charge in [0.15, 0.2) is 0 Å². The lowest BCUT2D eigenvalue weighted by molar-refractivity contribution is 0.387. The van der Waals surface area contributed by atoms with Crippen LogP contribution in [0.25, 0.3) is 0 Å². The van der Waals surface area contributed by atoms with Gasteiger partial charge in [-0.1, -0.05) is 25.4 Å². The van der Waals surface area contributed by atoms with Gasteiger partial charge in [0.2, 0.25) is 5.88 Å². The number of methoxy groups -OCH3 is 1. The summed E-state index contributed by atoms with van der Waals surface area (Å²) in [7, 11) is 1.60. The van der Waals surface area contributed by atoms with Crippen molar-refractivity contribution >= 4 is 17.3 Å². The van der Waals surface area contributed by atoms with Crippen molar-refractivity contribution in [2.45, 2.75) is 19.8 Å². The van der Waals surface area contributed by atoms with Crippen LogP contribution in [0.2, 0.25) is 5.02 Å². The SMILES string of the molecule is COc1ncc(Oc2ccc(N)cc2Cl)cc1C(C)C. The molecular formula is C15H17ClN2O2. The molecule has 0 amide bonds. The van der Waals surface area contributed by atoms with Gasteiger partial charge in [0.1, 0.15) is 11.5 Å². The smallest absolute Gasteiger partial charge is 0.216 e. The van der Waals surface area contributed by atoms with E-state index in [1.807, 2.05) is 6.07 Å². The number of halogens is 1. The summed E-state index contributed by atoms with van der Waals surface area (Å²) in [6.07, 6.45) is 1.61. The molecule has 0 aliphatic rings.